The van der Waals surface area contributed by atoms with Gasteiger partial charge in [0.15, 0.2) is 0 Å². The predicted molar refractivity (Wildman–Crippen MR) is 115 cm³/mol. The molecule has 8 heteroatoms. The Morgan fingerprint density at radius 2 is 1.73 bits per heavy atom. The Morgan fingerprint density at radius 3 is 2.50 bits per heavy atom. The number of hydrazine groups is 1. The molecule has 0 aliphatic carbocycles. The summed E-state index contributed by atoms with van der Waals surface area (Å²) in [4.78, 5) is 26.1. The number of aromatic nitrogens is 2. The molecule has 4 rings (SSSR count). The third-order valence-corrected chi connectivity index (χ3v) is 5.71. The van der Waals surface area contributed by atoms with Crippen molar-refractivity contribution >= 4 is 34.5 Å². The van der Waals surface area contributed by atoms with Crippen LogP contribution in [0.15, 0.2) is 70.2 Å². The molecule has 30 heavy (non-hydrogen) atoms. The van der Waals surface area contributed by atoms with Gasteiger partial charge in [0.2, 0.25) is 0 Å². The van der Waals surface area contributed by atoms with Crippen molar-refractivity contribution in [1.82, 2.24) is 20.6 Å². The van der Waals surface area contributed by atoms with E-state index in [1.807, 2.05) is 61.0 Å². The van der Waals surface area contributed by atoms with Gasteiger partial charge in [-0.05, 0) is 25.1 Å². The summed E-state index contributed by atoms with van der Waals surface area (Å²) in [7, 11) is 1.88. The minimum atomic E-state index is -0.388. The zero-order chi connectivity index (χ0) is 21.1. The number of aryl methyl sites for hydroxylation is 2. The Morgan fingerprint density at radius 1 is 1.03 bits per heavy atom. The molecule has 0 unspecified atom stereocenters. The number of hydrogen-bond donors (Lipinski definition) is 2. The van der Waals surface area contributed by atoms with E-state index in [0.717, 1.165) is 27.3 Å². The number of hydrogen-bond acceptors (Lipinski definition) is 5. The van der Waals surface area contributed by atoms with E-state index < -0.39 is 0 Å². The van der Waals surface area contributed by atoms with Gasteiger partial charge in [0.05, 0.1) is 22.6 Å². The van der Waals surface area contributed by atoms with Gasteiger partial charge in [0, 0.05) is 35.1 Å². The van der Waals surface area contributed by atoms with Crippen LogP contribution >= 0.6 is 11.8 Å². The van der Waals surface area contributed by atoms with Crippen LogP contribution in [0.3, 0.4) is 0 Å². The first-order chi connectivity index (χ1) is 14.5. The van der Waals surface area contributed by atoms with Crippen molar-refractivity contribution in [3.8, 4) is 0 Å². The lowest BCUT2D eigenvalue weighted by atomic mass is 10.2. The average Bonchev–Trinajstić information content (AvgIpc) is 3.33. The molecule has 0 atom stereocenters. The van der Waals surface area contributed by atoms with Gasteiger partial charge in [-0.3, -0.25) is 20.4 Å². The Hall–Kier alpha value is -3.52. The zero-order valence-corrected chi connectivity index (χ0v) is 17.3. The highest BCUT2D eigenvalue weighted by molar-refractivity contribution is 7.98. The number of carbonyl (C=O) groups is 2. The van der Waals surface area contributed by atoms with Crippen molar-refractivity contribution in [3.05, 3.63) is 83.4 Å². The SMILES string of the molecule is Cc1cc(CSc2ccccc2C(=O)NNC(=O)c2cn(C)c3ccccc23)on1. The molecular formula is C22H20N4O3S. The molecule has 2 heterocycles. The van der Waals surface area contributed by atoms with Gasteiger partial charge in [0.1, 0.15) is 5.76 Å². The van der Waals surface area contributed by atoms with Crippen LogP contribution in [0, 0.1) is 6.92 Å². The average molecular weight is 420 g/mol. The second-order valence-electron chi connectivity index (χ2n) is 6.80. The third-order valence-electron chi connectivity index (χ3n) is 4.61. The minimum Gasteiger partial charge on any atom is -0.360 e. The summed E-state index contributed by atoms with van der Waals surface area (Å²) in [6.07, 6.45) is 1.75. The molecule has 0 spiro atoms. The molecule has 2 aromatic heterocycles. The van der Waals surface area contributed by atoms with Crippen molar-refractivity contribution < 1.29 is 14.1 Å². The maximum absolute atomic E-state index is 12.7. The van der Waals surface area contributed by atoms with E-state index in [0.29, 0.717) is 16.9 Å². The molecule has 0 saturated heterocycles. The summed E-state index contributed by atoms with van der Waals surface area (Å²) >= 11 is 1.47. The topological polar surface area (TPSA) is 89.2 Å². The second-order valence-corrected chi connectivity index (χ2v) is 7.82. The van der Waals surface area contributed by atoms with Gasteiger partial charge >= 0.3 is 0 Å². The van der Waals surface area contributed by atoms with E-state index in [2.05, 4.69) is 16.0 Å². The molecule has 0 radical (unpaired) electrons. The molecule has 2 N–H and O–H groups in total. The van der Waals surface area contributed by atoms with Crippen molar-refractivity contribution in [2.75, 3.05) is 0 Å². The number of rotatable bonds is 5. The molecule has 2 amide bonds. The van der Waals surface area contributed by atoms with Gasteiger partial charge in [0.25, 0.3) is 11.8 Å². The maximum Gasteiger partial charge on any atom is 0.271 e. The van der Waals surface area contributed by atoms with Gasteiger partial charge in [-0.2, -0.15) is 0 Å². The van der Waals surface area contributed by atoms with Gasteiger partial charge in [-0.1, -0.05) is 35.5 Å². The second kappa shape index (κ2) is 8.46. The highest BCUT2D eigenvalue weighted by Crippen LogP contribution is 2.26. The standard InChI is InChI=1S/C22H20N4O3S/c1-14-11-15(29-25-14)13-30-20-10-6-4-8-17(20)21(27)23-24-22(28)18-12-26(2)19-9-5-3-7-16(18)19/h3-12H,13H2,1-2H3,(H,23,27)(H,24,28). The Bertz CT molecular complexity index is 1230. The summed E-state index contributed by atoms with van der Waals surface area (Å²) in [6, 6.07) is 16.7. The number of carbonyl (C=O) groups excluding carboxylic acids is 2. The van der Waals surface area contributed by atoms with Crippen LogP contribution < -0.4 is 10.9 Å². The number of nitrogens with one attached hydrogen (secondary N) is 2. The lowest BCUT2D eigenvalue weighted by Crippen LogP contribution is -2.41. The van der Waals surface area contributed by atoms with Crippen LogP contribution in [0.2, 0.25) is 0 Å². The van der Waals surface area contributed by atoms with E-state index >= 15 is 0 Å². The normalized spacial score (nSPS) is 10.9. The molecule has 0 aliphatic rings. The van der Waals surface area contributed by atoms with E-state index in [-0.39, 0.29) is 11.8 Å². The molecule has 0 bridgehead atoms. The van der Waals surface area contributed by atoms with Crippen LogP contribution in [0.1, 0.15) is 32.2 Å². The number of amides is 2. The van der Waals surface area contributed by atoms with Crippen LogP contribution in [0.4, 0.5) is 0 Å². The van der Waals surface area contributed by atoms with E-state index in [1.165, 1.54) is 11.8 Å². The molecule has 4 aromatic rings. The van der Waals surface area contributed by atoms with Crippen LogP contribution in [-0.2, 0) is 12.8 Å². The first kappa shape index (κ1) is 19.8. The molecule has 0 aliphatic heterocycles. The fourth-order valence-electron chi connectivity index (χ4n) is 3.18. The maximum atomic E-state index is 12.7. The number of thioether (sulfide) groups is 1. The Balaban J connectivity index is 1.44. The summed E-state index contributed by atoms with van der Waals surface area (Å²) in [5, 5.41) is 4.69. The van der Waals surface area contributed by atoms with Crippen molar-refractivity contribution in [2.45, 2.75) is 17.6 Å². The quantitative estimate of drug-likeness (QED) is 0.378. The molecule has 2 aromatic carbocycles. The lowest BCUT2D eigenvalue weighted by molar-refractivity contribution is 0.0846. The molecule has 152 valence electrons. The first-order valence-corrected chi connectivity index (χ1v) is 10.3. The predicted octanol–water partition coefficient (Wildman–Crippen LogP) is 3.84. The fourth-order valence-corrected chi connectivity index (χ4v) is 4.11. The van der Waals surface area contributed by atoms with Crippen LogP contribution in [-0.4, -0.2) is 21.5 Å². The molecule has 0 saturated carbocycles. The summed E-state index contributed by atoms with van der Waals surface area (Å²) in [6.45, 7) is 1.86. The highest BCUT2D eigenvalue weighted by Gasteiger charge is 2.16. The zero-order valence-electron chi connectivity index (χ0n) is 16.5. The van der Waals surface area contributed by atoms with Gasteiger partial charge in [-0.25, -0.2) is 0 Å². The lowest BCUT2D eigenvalue weighted by Gasteiger charge is -2.10. The van der Waals surface area contributed by atoms with Crippen LogP contribution in [0.25, 0.3) is 10.9 Å². The number of para-hydroxylation sites is 1. The van der Waals surface area contributed by atoms with Crippen LogP contribution in [0.5, 0.6) is 0 Å². The van der Waals surface area contributed by atoms with E-state index in [9.17, 15) is 9.59 Å². The summed E-state index contributed by atoms with van der Waals surface area (Å²) in [5.41, 5.74) is 7.76. The van der Waals surface area contributed by atoms with Crippen molar-refractivity contribution in [3.63, 3.8) is 0 Å². The number of fused-ring (bicyclic) bond motifs is 1. The molecular weight excluding hydrogens is 400 g/mol. The number of benzene rings is 2. The van der Waals surface area contributed by atoms with Gasteiger partial charge in [-0.15, -0.1) is 11.8 Å². The molecule has 0 fully saturated rings. The Labute approximate surface area is 177 Å². The Kier molecular flexibility index (Phi) is 5.58. The van der Waals surface area contributed by atoms with E-state index in [1.54, 1.807) is 18.3 Å². The highest BCUT2D eigenvalue weighted by atomic mass is 32.2. The number of nitrogens with zero attached hydrogens (tertiary/aromatic N) is 2. The third kappa shape index (κ3) is 4.08. The monoisotopic (exact) mass is 420 g/mol. The smallest absolute Gasteiger partial charge is 0.271 e. The summed E-state index contributed by atoms with van der Waals surface area (Å²) in [5.74, 6) is 0.521. The van der Waals surface area contributed by atoms with Crippen molar-refractivity contribution in [1.29, 1.82) is 0 Å². The summed E-state index contributed by atoms with van der Waals surface area (Å²) < 4.78 is 7.10. The minimum absolute atomic E-state index is 0.373. The molecule has 7 nitrogen and oxygen atoms in total. The van der Waals surface area contributed by atoms with Crippen molar-refractivity contribution in [2.24, 2.45) is 7.05 Å². The van der Waals surface area contributed by atoms with E-state index in [4.69, 9.17) is 4.52 Å². The largest absolute Gasteiger partial charge is 0.360 e. The van der Waals surface area contributed by atoms with Gasteiger partial charge < -0.3 is 9.09 Å². The first-order valence-electron chi connectivity index (χ1n) is 9.31. The fraction of sp³-hybridized carbons (Fsp3) is 0.136.